The first-order valence-corrected chi connectivity index (χ1v) is 7.50. The molecule has 0 saturated carbocycles. The third kappa shape index (κ3) is 3.04. The van der Waals surface area contributed by atoms with Crippen LogP contribution in [0.3, 0.4) is 0 Å². The summed E-state index contributed by atoms with van der Waals surface area (Å²) in [5.74, 6) is 0.923. The van der Waals surface area contributed by atoms with Gasteiger partial charge in [0.25, 0.3) is 0 Å². The zero-order valence-electron chi connectivity index (χ0n) is 12.1. The molecule has 5 heteroatoms. The van der Waals surface area contributed by atoms with Crippen molar-refractivity contribution in [3.63, 3.8) is 0 Å². The van der Waals surface area contributed by atoms with Crippen LogP contribution in [-0.4, -0.2) is 23.9 Å². The first kappa shape index (κ1) is 15.1. The number of rotatable bonds is 6. The first-order valence-electron chi connectivity index (χ1n) is 6.71. The Balaban J connectivity index is 2.31. The van der Waals surface area contributed by atoms with E-state index in [4.69, 9.17) is 4.74 Å². The molecule has 1 aromatic heterocycles. The van der Waals surface area contributed by atoms with Crippen LogP contribution in [0.5, 0.6) is 5.75 Å². The molecule has 0 spiro atoms. The smallest absolute Gasteiger partial charge is 0.122 e. The summed E-state index contributed by atoms with van der Waals surface area (Å²) in [7, 11) is 3.68. The minimum Gasteiger partial charge on any atom is -0.496 e. The lowest BCUT2D eigenvalue weighted by atomic mass is 10.0. The van der Waals surface area contributed by atoms with Gasteiger partial charge in [0.15, 0.2) is 0 Å². The lowest BCUT2D eigenvalue weighted by Crippen LogP contribution is -2.23. The summed E-state index contributed by atoms with van der Waals surface area (Å²) in [5, 5.41) is 7.76. The molecule has 1 atom stereocenters. The summed E-state index contributed by atoms with van der Waals surface area (Å²) in [4.78, 5) is 0. The van der Waals surface area contributed by atoms with Gasteiger partial charge in [0.05, 0.1) is 29.5 Å². The fraction of sp³-hybridized carbons (Fsp3) is 0.400. The van der Waals surface area contributed by atoms with E-state index in [0.29, 0.717) is 0 Å². The Morgan fingerprint density at radius 3 is 2.80 bits per heavy atom. The number of nitrogens with one attached hydrogen (secondary N) is 1. The molecule has 0 fully saturated rings. The van der Waals surface area contributed by atoms with Gasteiger partial charge in [0.2, 0.25) is 0 Å². The molecule has 20 heavy (non-hydrogen) atoms. The molecule has 1 N–H and O–H groups in total. The van der Waals surface area contributed by atoms with E-state index in [1.165, 1.54) is 11.3 Å². The molecule has 0 amide bonds. The molecular formula is C15H20BrN3O. The van der Waals surface area contributed by atoms with Crippen LogP contribution in [0.15, 0.2) is 34.9 Å². The highest BCUT2D eigenvalue weighted by molar-refractivity contribution is 9.10. The minimum atomic E-state index is 0.183. The van der Waals surface area contributed by atoms with Gasteiger partial charge in [0.1, 0.15) is 5.75 Å². The van der Waals surface area contributed by atoms with Gasteiger partial charge in [-0.05, 0) is 48.0 Å². The van der Waals surface area contributed by atoms with Crippen LogP contribution in [-0.2, 0) is 13.0 Å². The molecule has 0 aliphatic heterocycles. The number of hydrogen-bond acceptors (Lipinski definition) is 3. The van der Waals surface area contributed by atoms with Gasteiger partial charge in [-0.3, -0.25) is 4.68 Å². The topological polar surface area (TPSA) is 39.1 Å². The maximum absolute atomic E-state index is 5.43. The molecule has 0 aliphatic carbocycles. The predicted molar refractivity (Wildman–Crippen MR) is 84.1 cm³/mol. The predicted octanol–water partition coefficient (Wildman–Crippen LogP) is 3.18. The largest absolute Gasteiger partial charge is 0.496 e. The van der Waals surface area contributed by atoms with E-state index in [-0.39, 0.29) is 6.04 Å². The Hall–Kier alpha value is -1.33. The number of hydrogen-bond donors (Lipinski definition) is 1. The van der Waals surface area contributed by atoms with E-state index in [1.807, 2.05) is 36.1 Å². The summed E-state index contributed by atoms with van der Waals surface area (Å²) in [6, 6.07) is 8.31. The fourth-order valence-electron chi connectivity index (χ4n) is 2.40. The number of aromatic nitrogens is 2. The highest BCUT2D eigenvalue weighted by Gasteiger charge is 2.19. The Morgan fingerprint density at radius 1 is 1.40 bits per heavy atom. The van der Waals surface area contributed by atoms with Crippen LogP contribution in [0, 0.1) is 0 Å². The van der Waals surface area contributed by atoms with Gasteiger partial charge >= 0.3 is 0 Å². The second-order valence-corrected chi connectivity index (χ2v) is 5.41. The number of benzene rings is 1. The second kappa shape index (κ2) is 6.90. The van der Waals surface area contributed by atoms with E-state index in [9.17, 15) is 0 Å². The highest BCUT2D eigenvalue weighted by atomic mass is 79.9. The van der Waals surface area contributed by atoms with Crippen LogP contribution >= 0.6 is 15.9 Å². The van der Waals surface area contributed by atoms with Crippen molar-refractivity contribution in [1.29, 1.82) is 0 Å². The van der Waals surface area contributed by atoms with Crippen molar-refractivity contribution in [2.45, 2.75) is 25.9 Å². The van der Waals surface area contributed by atoms with Crippen LogP contribution in [0.25, 0.3) is 0 Å². The molecule has 0 bridgehead atoms. The Morgan fingerprint density at radius 2 is 2.15 bits per heavy atom. The van der Waals surface area contributed by atoms with Crippen molar-refractivity contribution in [2.24, 2.45) is 0 Å². The lowest BCUT2D eigenvalue weighted by Gasteiger charge is -2.19. The number of likely N-dealkylation sites (N-methyl/N-ethyl adjacent to an activating group) is 1. The quantitative estimate of drug-likeness (QED) is 0.879. The van der Waals surface area contributed by atoms with E-state index < -0.39 is 0 Å². The van der Waals surface area contributed by atoms with Gasteiger partial charge in [-0.15, -0.1) is 0 Å². The van der Waals surface area contributed by atoms with Gasteiger partial charge in [0, 0.05) is 6.54 Å². The molecule has 108 valence electrons. The normalized spacial score (nSPS) is 12.4. The van der Waals surface area contributed by atoms with E-state index >= 15 is 0 Å². The molecule has 1 unspecified atom stereocenters. The summed E-state index contributed by atoms with van der Waals surface area (Å²) in [6.45, 7) is 2.95. The standard InChI is InChI=1S/C15H20BrN3O/c1-4-19-15(12(16)10-18-19)13(17-2)9-11-7-5-6-8-14(11)20-3/h5-8,10,13,17H,4,9H2,1-3H3. The molecule has 0 radical (unpaired) electrons. The number of aryl methyl sites for hydroxylation is 1. The Kier molecular flexibility index (Phi) is 5.20. The SMILES string of the molecule is CCn1ncc(Br)c1C(Cc1ccccc1OC)NC. The summed E-state index contributed by atoms with van der Waals surface area (Å²) in [6.07, 6.45) is 2.70. The molecule has 0 aliphatic rings. The number of nitrogens with zero attached hydrogens (tertiary/aromatic N) is 2. The van der Waals surface area contributed by atoms with E-state index in [1.54, 1.807) is 7.11 Å². The number of ether oxygens (including phenoxy) is 1. The molecule has 2 aromatic rings. The van der Waals surface area contributed by atoms with Gasteiger partial charge in [-0.2, -0.15) is 5.10 Å². The molecule has 2 rings (SSSR count). The van der Waals surface area contributed by atoms with Crippen LogP contribution in [0.4, 0.5) is 0 Å². The maximum Gasteiger partial charge on any atom is 0.122 e. The lowest BCUT2D eigenvalue weighted by molar-refractivity contribution is 0.405. The van der Waals surface area contributed by atoms with Gasteiger partial charge in [-0.1, -0.05) is 18.2 Å². The highest BCUT2D eigenvalue weighted by Crippen LogP contribution is 2.29. The van der Waals surface area contributed by atoms with Crippen LogP contribution in [0.1, 0.15) is 24.2 Å². The van der Waals surface area contributed by atoms with E-state index in [0.717, 1.165) is 23.2 Å². The van der Waals surface area contributed by atoms with E-state index in [2.05, 4.69) is 39.3 Å². The average molecular weight is 338 g/mol. The molecule has 0 saturated heterocycles. The van der Waals surface area contributed by atoms with Crippen molar-refractivity contribution in [1.82, 2.24) is 15.1 Å². The minimum absolute atomic E-state index is 0.183. The summed E-state index contributed by atoms with van der Waals surface area (Å²) < 4.78 is 8.48. The first-order chi connectivity index (χ1) is 9.71. The molecule has 1 aromatic carbocycles. The summed E-state index contributed by atoms with van der Waals surface area (Å²) >= 11 is 3.59. The Bertz CT molecular complexity index is 568. The average Bonchev–Trinajstić information content (AvgIpc) is 2.86. The van der Waals surface area contributed by atoms with Gasteiger partial charge in [-0.25, -0.2) is 0 Å². The third-order valence-corrected chi connectivity index (χ3v) is 4.04. The molecular weight excluding hydrogens is 318 g/mol. The number of halogens is 1. The van der Waals surface area contributed by atoms with Crippen molar-refractivity contribution < 1.29 is 4.74 Å². The third-order valence-electron chi connectivity index (χ3n) is 3.43. The van der Waals surface area contributed by atoms with Crippen LogP contribution < -0.4 is 10.1 Å². The van der Waals surface area contributed by atoms with Crippen molar-refractivity contribution in [2.75, 3.05) is 14.2 Å². The molecule has 4 nitrogen and oxygen atoms in total. The van der Waals surface area contributed by atoms with Gasteiger partial charge < -0.3 is 10.1 Å². The number of methoxy groups -OCH3 is 1. The summed E-state index contributed by atoms with van der Waals surface area (Å²) in [5.41, 5.74) is 2.35. The number of para-hydroxylation sites is 1. The molecule has 1 heterocycles. The Labute approximate surface area is 128 Å². The fourth-order valence-corrected chi connectivity index (χ4v) is 2.97. The van der Waals surface area contributed by atoms with Crippen molar-refractivity contribution >= 4 is 15.9 Å². The van der Waals surface area contributed by atoms with Crippen LogP contribution in [0.2, 0.25) is 0 Å². The maximum atomic E-state index is 5.43. The zero-order valence-corrected chi connectivity index (χ0v) is 13.6. The zero-order chi connectivity index (χ0) is 14.5. The van der Waals surface area contributed by atoms with Crippen molar-refractivity contribution in [3.05, 3.63) is 46.2 Å². The second-order valence-electron chi connectivity index (χ2n) is 4.55. The monoisotopic (exact) mass is 337 g/mol. The van der Waals surface area contributed by atoms with Crippen molar-refractivity contribution in [3.8, 4) is 5.75 Å².